The van der Waals surface area contributed by atoms with Gasteiger partial charge in [-0.25, -0.2) is 0 Å². The molecule has 0 aliphatic heterocycles. The van der Waals surface area contributed by atoms with Crippen LogP contribution in [-0.4, -0.2) is 4.57 Å². The van der Waals surface area contributed by atoms with E-state index in [2.05, 4.69) is 98.2 Å². The normalized spacial score (nSPS) is 11.8. The van der Waals surface area contributed by atoms with Gasteiger partial charge in [0.1, 0.15) is 0 Å². The number of para-hydroxylation sites is 1. The molecule has 25 heavy (non-hydrogen) atoms. The summed E-state index contributed by atoms with van der Waals surface area (Å²) in [5.41, 5.74) is 7.70. The van der Waals surface area contributed by atoms with Crippen LogP contribution in [0.5, 0.6) is 0 Å². The summed E-state index contributed by atoms with van der Waals surface area (Å²) in [6, 6.07) is 21.9. The Hall–Kier alpha value is -2.80. The van der Waals surface area contributed by atoms with Crippen molar-refractivity contribution in [2.75, 3.05) is 0 Å². The van der Waals surface area contributed by atoms with E-state index < -0.39 is 0 Å². The number of fused-ring (bicyclic) bond motifs is 3. The number of allylic oxidation sites excluding steroid dienone is 1. The zero-order valence-corrected chi connectivity index (χ0v) is 15.1. The van der Waals surface area contributed by atoms with E-state index in [4.69, 9.17) is 0 Å². The molecule has 1 aromatic heterocycles. The molecule has 4 aromatic rings. The summed E-state index contributed by atoms with van der Waals surface area (Å²) in [5.74, 6) is 0. The fourth-order valence-electron chi connectivity index (χ4n) is 3.66. The van der Waals surface area contributed by atoms with Crippen LogP contribution in [0.4, 0.5) is 0 Å². The van der Waals surface area contributed by atoms with E-state index in [0.717, 1.165) is 6.42 Å². The number of hydrogen-bond donors (Lipinski definition) is 0. The highest BCUT2D eigenvalue weighted by molar-refractivity contribution is 6.13. The third-order valence-electron chi connectivity index (χ3n) is 4.88. The fraction of sp³-hybridized carbons (Fsp3) is 0.167. The molecule has 1 heterocycles. The lowest BCUT2D eigenvalue weighted by molar-refractivity contribution is 1.18. The zero-order chi connectivity index (χ0) is 17.4. The van der Waals surface area contributed by atoms with Crippen LogP contribution in [0.1, 0.15) is 30.0 Å². The predicted molar refractivity (Wildman–Crippen MR) is 110 cm³/mol. The molecule has 1 heteroatoms. The van der Waals surface area contributed by atoms with Crippen LogP contribution in [0.3, 0.4) is 0 Å². The second-order valence-corrected chi connectivity index (χ2v) is 6.69. The Morgan fingerprint density at radius 1 is 0.880 bits per heavy atom. The molecule has 0 saturated carbocycles. The first-order chi connectivity index (χ1) is 12.2. The molecule has 3 aromatic carbocycles. The Morgan fingerprint density at radius 3 is 2.44 bits per heavy atom. The lowest BCUT2D eigenvalue weighted by atomic mass is 10.0. The van der Waals surface area contributed by atoms with Gasteiger partial charge in [0.25, 0.3) is 0 Å². The standard InChI is InChI=1S/C24H23N/c1-4-5-11-20-18(3)13-15-22-24(20)21-14-12-17(2)16-23(21)25(22)19-9-7-6-8-10-19/h5-16H,4H2,1-3H3/b11-5-. The average Bonchev–Trinajstić information content (AvgIpc) is 2.95. The zero-order valence-electron chi connectivity index (χ0n) is 15.1. The minimum atomic E-state index is 1.05. The topological polar surface area (TPSA) is 4.93 Å². The van der Waals surface area contributed by atoms with Crippen LogP contribution >= 0.6 is 0 Å². The van der Waals surface area contributed by atoms with Crippen molar-refractivity contribution in [1.29, 1.82) is 0 Å². The summed E-state index contributed by atoms with van der Waals surface area (Å²) in [6.07, 6.45) is 5.58. The van der Waals surface area contributed by atoms with Gasteiger partial charge >= 0.3 is 0 Å². The Morgan fingerprint density at radius 2 is 1.68 bits per heavy atom. The van der Waals surface area contributed by atoms with Gasteiger partial charge < -0.3 is 4.57 Å². The maximum absolute atomic E-state index is 2.39. The summed E-state index contributed by atoms with van der Waals surface area (Å²) in [7, 11) is 0. The SMILES string of the molecule is CC/C=C\c1c(C)ccc2c1c1ccc(C)cc1n2-c1ccccc1. The molecule has 0 N–H and O–H groups in total. The Kier molecular flexibility index (Phi) is 3.93. The van der Waals surface area contributed by atoms with Gasteiger partial charge in [-0.15, -0.1) is 0 Å². The van der Waals surface area contributed by atoms with Gasteiger partial charge in [-0.3, -0.25) is 0 Å². The Labute approximate surface area is 149 Å². The average molecular weight is 325 g/mol. The highest BCUT2D eigenvalue weighted by Gasteiger charge is 2.15. The van der Waals surface area contributed by atoms with Gasteiger partial charge in [0.15, 0.2) is 0 Å². The van der Waals surface area contributed by atoms with E-state index in [1.54, 1.807) is 0 Å². The van der Waals surface area contributed by atoms with Crippen molar-refractivity contribution < 1.29 is 0 Å². The molecule has 0 unspecified atom stereocenters. The second kappa shape index (κ2) is 6.25. The third kappa shape index (κ3) is 2.56. The number of rotatable bonds is 3. The van der Waals surface area contributed by atoms with E-state index in [1.165, 1.54) is 44.2 Å². The first-order valence-corrected chi connectivity index (χ1v) is 8.97. The summed E-state index contributed by atoms with van der Waals surface area (Å²) in [5, 5.41) is 2.67. The molecule has 0 fully saturated rings. The molecular weight excluding hydrogens is 302 g/mol. The molecule has 0 bridgehead atoms. The third-order valence-corrected chi connectivity index (χ3v) is 4.88. The molecule has 0 aliphatic rings. The van der Waals surface area contributed by atoms with Crippen molar-refractivity contribution in [2.45, 2.75) is 27.2 Å². The quantitative estimate of drug-likeness (QED) is 0.389. The smallest absolute Gasteiger partial charge is 0.0547 e. The minimum Gasteiger partial charge on any atom is -0.309 e. The molecule has 0 amide bonds. The number of hydrogen-bond acceptors (Lipinski definition) is 0. The molecule has 124 valence electrons. The first-order valence-electron chi connectivity index (χ1n) is 8.97. The summed E-state index contributed by atoms with van der Waals surface area (Å²) >= 11 is 0. The van der Waals surface area contributed by atoms with Crippen molar-refractivity contribution in [3.63, 3.8) is 0 Å². The lowest BCUT2D eigenvalue weighted by Gasteiger charge is -2.09. The van der Waals surface area contributed by atoms with Crippen molar-refractivity contribution in [3.05, 3.63) is 83.4 Å². The van der Waals surface area contributed by atoms with Gasteiger partial charge in [-0.1, -0.05) is 55.5 Å². The molecule has 0 aliphatic carbocycles. The van der Waals surface area contributed by atoms with Crippen molar-refractivity contribution in [3.8, 4) is 5.69 Å². The number of nitrogens with zero attached hydrogens (tertiary/aromatic N) is 1. The van der Waals surface area contributed by atoms with Crippen LogP contribution in [0.25, 0.3) is 33.6 Å². The second-order valence-electron chi connectivity index (χ2n) is 6.69. The highest BCUT2D eigenvalue weighted by atomic mass is 15.0. The van der Waals surface area contributed by atoms with Crippen LogP contribution < -0.4 is 0 Å². The van der Waals surface area contributed by atoms with Crippen molar-refractivity contribution in [2.24, 2.45) is 0 Å². The number of benzene rings is 3. The van der Waals surface area contributed by atoms with Crippen molar-refractivity contribution in [1.82, 2.24) is 4.57 Å². The molecule has 1 nitrogen and oxygen atoms in total. The lowest BCUT2D eigenvalue weighted by Crippen LogP contribution is -1.93. The number of aromatic nitrogens is 1. The first kappa shape index (κ1) is 15.7. The maximum atomic E-state index is 2.39. The van der Waals surface area contributed by atoms with E-state index >= 15 is 0 Å². The summed E-state index contributed by atoms with van der Waals surface area (Å²) < 4.78 is 2.39. The largest absolute Gasteiger partial charge is 0.309 e. The van der Waals surface area contributed by atoms with Crippen LogP contribution in [0.15, 0.2) is 66.7 Å². The fourth-order valence-corrected chi connectivity index (χ4v) is 3.66. The molecule has 0 atom stereocenters. The summed E-state index contributed by atoms with van der Waals surface area (Å²) in [4.78, 5) is 0. The molecule has 0 spiro atoms. The van der Waals surface area contributed by atoms with Gasteiger partial charge in [-0.05, 0) is 61.2 Å². The molecular formula is C24H23N. The molecule has 0 saturated heterocycles. The van der Waals surface area contributed by atoms with Gasteiger partial charge in [0.05, 0.1) is 11.0 Å². The molecule has 0 radical (unpaired) electrons. The van der Waals surface area contributed by atoms with E-state index in [0.29, 0.717) is 0 Å². The maximum Gasteiger partial charge on any atom is 0.0547 e. The minimum absolute atomic E-state index is 1.05. The summed E-state index contributed by atoms with van der Waals surface area (Å²) in [6.45, 7) is 6.55. The predicted octanol–water partition coefficient (Wildman–Crippen LogP) is 6.82. The van der Waals surface area contributed by atoms with Crippen LogP contribution in [-0.2, 0) is 0 Å². The van der Waals surface area contributed by atoms with Gasteiger partial charge in [0.2, 0.25) is 0 Å². The number of aryl methyl sites for hydroxylation is 2. The van der Waals surface area contributed by atoms with Crippen LogP contribution in [0, 0.1) is 13.8 Å². The van der Waals surface area contributed by atoms with E-state index in [-0.39, 0.29) is 0 Å². The highest BCUT2D eigenvalue weighted by Crippen LogP contribution is 2.36. The monoisotopic (exact) mass is 325 g/mol. The van der Waals surface area contributed by atoms with E-state index in [1.807, 2.05) is 0 Å². The van der Waals surface area contributed by atoms with Gasteiger partial charge in [0, 0.05) is 16.5 Å². The Balaban J connectivity index is 2.20. The Bertz CT molecular complexity index is 1080. The van der Waals surface area contributed by atoms with Gasteiger partial charge in [-0.2, -0.15) is 0 Å². The van der Waals surface area contributed by atoms with Crippen molar-refractivity contribution >= 4 is 27.9 Å². The van der Waals surface area contributed by atoms with E-state index in [9.17, 15) is 0 Å². The molecule has 4 rings (SSSR count). The van der Waals surface area contributed by atoms with Crippen LogP contribution in [0.2, 0.25) is 0 Å².